The molecule has 0 radical (unpaired) electrons. The van der Waals surface area contributed by atoms with Crippen molar-refractivity contribution >= 4 is 11.9 Å². The first kappa shape index (κ1) is 17.8. The van der Waals surface area contributed by atoms with Crippen LogP contribution >= 0.6 is 0 Å². The van der Waals surface area contributed by atoms with E-state index in [0.29, 0.717) is 0 Å². The molecule has 7 nitrogen and oxygen atoms in total. The zero-order valence-electron chi connectivity index (χ0n) is 13.8. The number of ether oxygens (including phenoxy) is 2. The van der Waals surface area contributed by atoms with Crippen molar-refractivity contribution in [2.75, 3.05) is 0 Å². The van der Waals surface area contributed by atoms with Crippen LogP contribution in [0.4, 0.5) is 0 Å². The summed E-state index contributed by atoms with van der Waals surface area (Å²) in [6.45, 7) is 0. The first-order valence-corrected chi connectivity index (χ1v) is 7.78. The normalized spacial score (nSPS) is 10.2. The molecule has 0 aliphatic carbocycles. The highest BCUT2D eigenvalue weighted by molar-refractivity contribution is 5.98. The number of hydrogen-bond donors (Lipinski definition) is 3. The lowest BCUT2D eigenvalue weighted by Crippen LogP contribution is -2.13. The van der Waals surface area contributed by atoms with Crippen LogP contribution in [0.1, 0.15) is 20.7 Å². The maximum atomic E-state index is 12.3. The van der Waals surface area contributed by atoms with Gasteiger partial charge in [-0.1, -0.05) is 0 Å². The van der Waals surface area contributed by atoms with Crippen molar-refractivity contribution in [1.29, 1.82) is 0 Å². The van der Waals surface area contributed by atoms with Gasteiger partial charge in [0.05, 0.1) is 5.56 Å². The van der Waals surface area contributed by atoms with Crippen LogP contribution in [0, 0.1) is 0 Å². The number of carbonyl (C=O) groups excluding carboxylic acids is 2. The van der Waals surface area contributed by atoms with Gasteiger partial charge in [0.1, 0.15) is 34.3 Å². The second-order valence-electron chi connectivity index (χ2n) is 5.50. The van der Waals surface area contributed by atoms with Crippen molar-refractivity contribution in [1.82, 2.24) is 0 Å². The van der Waals surface area contributed by atoms with Gasteiger partial charge in [0, 0.05) is 0 Å². The molecule has 7 heteroatoms. The van der Waals surface area contributed by atoms with Crippen molar-refractivity contribution in [2.45, 2.75) is 0 Å². The second kappa shape index (κ2) is 7.49. The average Bonchev–Trinajstić information content (AvgIpc) is 2.65. The molecule has 0 bridgehead atoms. The number of aromatic hydroxyl groups is 3. The highest BCUT2D eigenvalue weighted by atomic mass is 16.5. The lowest BCUT2D eigenvalue weighted by atomic mass is 10.1. The molecule has 0 aromatic heterocycles. The molecule has 0 atom stereocenters. The summed E-state index contributed by atoms with van der Waals surface area (Å²) in [5.41, 5.74) is -0.193. The topological polar surface area (TPSA) is 113 Å². The van der Waals surface area contributed by atoms with Gasteiger partial charge in [-0.05, 0) is 66.7 Å². The molecular formula is C20H14O7. The van der Waals surface area contributed by atoms with Crippen LogP contribution in [0.3, 0.4) is 0 Å². The van der Waals surface area contributed by atoms with E-state index in [4.69, 9.17) is 9.47 Å². The van der Waals surface area contributed by atoms with Gasteiger partial charge in [-0.25, -0.2) is 9.59 Å². The standard InChI is InChI=1S/C20H14O7/c21-13-2-6-15(7-3-13)26-19(24)12-1-10-18(23)17(11-12)20(25)27-16-8-4-14(22)5-9-16/h1-11,21-23H. The third kappa shape index (κ3) is 4.35. The van der Waals surface area contributed by atoms with Crippen LogP contribution in [0.25, 0.3) is 0 Å². The molecule has 0 saturated carbocycles. The van der Waals surface area contributed by atoms with E-state index in [2.05, 4.69) is 0 Å². The average molecular weight is 366 g/mol. The summed E-state index contributed by atoms with van der Waals surface area (Å²) in [5, 5.41) is 28.4. The maximum absolute atomic E-state index is 12.3. The van der Waals surface area contributed by atoms with E-state index >= 15 is 0 Å². The summed E-state index contributed by atoms with van der Waals surface area (Å²) in [7, 11) is 0. The van der Waals surface area contributed by atoms with E-state index in [-0.39, 0.29) is 39.9 Å². The summed E-state index contributed by atoms with van der Waals surface area (Å²) in [6, 6.07) is 14.6. The number of phenols is 3. The van der Waals surface area contributed by atoms with Gasteiger partial charge < -0.3 is 24.8 Å². The quantitative estimate of drug-likeness (QED) is 0.480. The Kier molecular flexibility index (Phi) is 4.94. The molecular weight excluding hydrogens is 352 g/mol. The van der Waals surface area contributed by atoms with Crippen LogP contribution in [0.2, 0.25) is 0 Å². The molecule has 27 heavy (non-hydrogen) atoms. The van der Waals surface area contributed by atoms with Crippen molar-refractivity contribution in [2.24, 2.45) is 0 Å². The molecule has 3 aromatic rings. The van der Waals surface area contributed by atoms with Crippen LogP contribution in [-0.4, -0.2) is 27.3 Å². The van der Waals surface area contributed by atoms with Gasteiger partial charge in [-0.3, -0.25) is 0 Å². The fourth-order valence-electron chi connectivity index (χ4n) is 2.18. The minimum absolute atomic E-state index is 0.0108. The zero-order chi connectivity index (χ0) is 19.4. The Bertz CT molecular complexity index is 976. The molecule has 3 aromatic carbocycles. The van der Waals surface area contributed by atoms with Gasteiger partial charge in [0.25, 0.3) is 0 Å². The predicted octanol–water partition coefficient (Wildman–Crippen LogP) is 3.24. The third-order valence-electron chi connectivity index (χ3n) is 3.55. The van der Waals surface area contributed by atoms with Gasteiger partial charge in [-0.15, -0.1) is 0 Å². The Morgan fingerprint density at radius 1 is 0.630 bits per heavy atom. The summed E-state index contributed by atoms with van der Waals surface area (Å²) in [4.78, 5) is 24.5. The monoisotopic (exact) mass is 366 g/mol. The number of esters is 2. The van der Waals surface area contributed by atoms with E-state index in [0.717, 1.165) is 6.07 Å². The fourth-order valence-corrected chi connectivity index (χ4v) is 2.18. The predicted molar refractivity (Wildman–Crippen MR) is 94.2 cm³/mol. The summed E-state index contributed by atoms with van der Waals surface area (Å²) >= 11 is 0. The van der Waals surface area contributed by atoms with E-state index in [1.165, 1.54) is 60.7 Å². The Balaban J connectivity index is 1.78. The molecule has 0 aliphatic rings. The SMILES string of the molecule is O=C(Oc1ccc(O)cc1)c1ccc(O)c(C(=O)Oc2ccc(O)cc2)c1. The lowest BCUT2D eigenvalue weighted by Gasteiger charge is -2.09. The number of carbonyl (C=O) groups is 2. The van der Waals surface area contributed by atoms with Gasteiger partial charge in [0.15, 0.2) is 0 Å². The van der Waals surface area contributed by atoms with Crippen LogP contribution in [-0.2, 0) is 0 Å². The first-order chi connectivity index (χ1) is 12.9. The van der Waals surface area contributed by atoms with Crippen LogP contribution in [0.15, 0.2) is 66.7 Å². The number of hydrogen-bond acceptors (Lipinski definition) is 7. The highest BCUT2D eigenvalue weighted by Crippen LogP contribution is 2.24. The van der Waals surface area contributed by atoms with Crippen molar-refractivity contribution < 1.29 is 34.4 Å². The molecule has 0 aliphatic heterocycles. The zero-order valence-corrected chi connectivity index (χ0v) is 13.8. The summed E-state index contributed by atoms with van der Waals surface area (Å²) in [5.74, 6) is -1.58. The summed E-state index contributed by atoms with van der Waals surface area (Å²) < 4.78 is 10.3. The maximum Gasteiger partial charge on any atom is 0.347 e. The number of benzene rings is 3. The largest absolute Gasteiger partial charge is 0.508 e. The third-order valence-corrected chi connectivity index (χ3v) is 3.55. The van der Waals surface area contributed by atoms with Crippen LogP contribution in [0.5, 0.6) is 28.7 Å². The Morgan fingerprint density at radius 2 is 1.11 bits per heavy atom. The number of phenolic OH excluding ortho intramolecular Hbond substituents is 3. The van der Waals surface area contributed by atoms with E-state index < -0.39 is 11.9 Å². The smallest absolute Gasteiger partial charge is 0.347 e. The minimum Gasteiger partial charge on any atom is -0.508 e. The lowest BCUT2D eigenvalue weighted by molar-refractivity contribution is 0.0731. The van der Waals surface area contributed by atoms with Crippen molar-refractivity contribution in [3.63, 3.8) is 0 Å². The van der Waals surface area contributed by atoms with Gasteiger partial charge in [-0.2, -0.15) is 0 Å². The molecule has 136 valence electrons. The molecule has 3 rings (SSSR count). The van der Waals surface area contributed by atoms with Crippen molar-refractivity contribution in [3.8, 4) is 28.7 Å². The Labute approximate surface area is 153 Å². The minimum atomic E-state index is -0.877. The van der Waals surface area contributed by atoms with Gasteiger partial charge in [0.2, 0.25) is 0 Å². The fraction of sp³-hybridized carbons (Fsp3) is 0. The molecule has 0 heterocycles. The number of rotatable bonds is 4. The highest BCUT2D eigenvalue weighted by Gasteiger charge is 2.18. The molecule has 3 N–H and O–H groups in total. The first-order valence-electron chi connectivity index (χ1n) is 7.78. The van der Waals surface area contributed by atoms with E-state index in [1.54, 1.807) is 0 Å². The molecule has 0 unspecified atom stereocenters. The molecule has 0 fully saturated rings. The van der Waals surface area contributed by atoms with E-state index in [1.807, 2.05) is 0 Å². The Hall–Kier alpha value is -4.00. The second-order valence-corrected chi connectivity index (χ2v) is 5.50. The van der Waals surface area contributed by atoms with Crippen molar-refractivity contribution in [3.05, 3.63) is 77.9 Å². The van der Waals surface area contributed by atoms with E-state index in [9.17, 15) is 24.9 Å². The van der Waals surface area contributed by atoms with Gasteiger partial charge >= 0.3 is 11.9 Å². The molecule has 0 saturated heterocycles. The molecule has 0 spiro atoms. The molecule has 0 amide bonds. The Morgan fingerprint density at radius 3 is 1.63 bits per heavy atom. The van der Waals surface area contributed by atoms with Crippen LogP contribution < -0.4 is 9.47 Å². The summed E-state index contributed by atoms with van der Waals surface area (Å²) in [6.07, 6.45) is 0.